The summed E-state index contributed by atoms with van der Waals surface area (Å²) in [6, 6.07) is 9.48. The predicted molar refractivity (Wildman–Crippen MR) is 108 cm³/mol. The zero-order chi connectivity index (χ0) is 21.0. The van der Waals surface area contributed by atoms with Crippen LogP contribution in [0.15, 0.2) is 36.4 Å². The number of phenolic OH excluding ortho intramolecular Hbond substituents is 1. The van der Waals surface area contributed by atoms with Crippen molar-refractivity contribution in [2.24, 2.45) is 0 Å². The third kappa shape index (κ3) is 4.56. The number of fused-ring (bicyclic) bond motifs is 1. The van der Waals surface area contributed by atoms with Crippen LogP contribution in [0.2, 0.25) is 0 Å². The summed E-state index contributed by atoms with van der Waals surface area (Å²) < 4.78 is 5.51. The highest BCUT2D eigenvalue weighted by Gasteiger charge is 2.21. The van der Waals surface area contributed by atoms with Crippen molar-refractivity contribution < 1.29 is 24.2 Å². The second-order valence-electron chi connectivity index (χ2n) is 6.78. The third-order valence-electron chi connectivity index (χ3n) is 4.96. The fourth-order valence-corrected chi connectivity index (χ4v) is 3.27. The number of hydrogen-bond acceptors (Lipinski definition) is 5. The molecular formula is C22H24N2O5. The smallest absolute Gasteiger partial charge is 0.260 e. The molecule has 0 saturated heterocycles. The lowest BCUT2D eigenvalue weighted by Gasteiger charge is -2.19. The molecule has 2 N–H and O–H groups in total. The van der Waals surface area contributed by atoms with Crippen LogP contribution in [0.3, 0.4) is 0 Å². The van der Waals surface area contributed by atoms with E-state index in [1.807, 2.05) is 13.8 Å². The van der Waals surface area contributed by atoms with E-state index >= 15 is 0 Å². The number of nitrogens with zero attached hydrogens (tertiary/aromatic N) is 1. The minimum absolute atomic E-state index is 0.0632. The standard InChI is InChI=1S/C22H24N2O5/c1-3-24(4-2)21(27)13-29-16-8-5-14(6-9-16)22(28)17-11-15-7-10-20(26)23-18(15)12-19(17)25/h5-6,8-9,11-12,25H,3-4,7,10,13H2,1-2H3,(H,23,26). The average molecular weight is 396 g/mol. The molecule has 7 heteroatoms. The number of carbonyl (C=O) groups excluding carboxylic acids is 3. The largest absolute Gasteiger partial charge is 0.507 e. The Morgan fingerprint density at radius 2 is 1.79 bits per heavy atom. The highest BCUT2D eigenvalue weighted by molar-refractivity contribution is 6.11. The third-order valence-corrected chi connectivity index (χ3v) is 4.96. The molecule has 3 rings (SSSR count). The molecule has 0 radical (unpaired) electrons. The molecule has 0 spiro atoms. The van der Waals surface area contributed by atoms with E-state index in [0.717, 1.165) is 5.56 Å². The number of aryl methyl sites for hydroxylation is 1. The first-order valence-electron chi connectivity index (χ1n) is 9.64. The van der Waals surface area contributed by atoms with Crippen molar-refractivity contribution in [2.75, 3.05) is 25.0 Å². The summed E-state index contributed by atoms with van der Waals surface area (Å²) in [6.07, 6.45) is 0.874. The molecule has 7 nitrogen and oxygen atoms in total. The zero-order valence-electron chi connectivity index (χ0n) is 16.5. The number of aromatic hydroxyl groups is 1. The summed E-state index contributed by atoms with van der Waals surface area (Å²) in [7, 11) is 0. The number of ketones is 1. The van der Waals surface area contributed by atoms with Gasteiger partial charge in [-0.3, -0.25) is 14.4 Å². The molecule has 0 aliphatic carbocycles. The van der Waals surface area contributed by atoms with Crippen molar-refractivity contribution in [2.45, 2.75) is 26.7 Å². The summed E-state index contributed by atoms with van der Waals surface area (Å²) in [5.41, 5.74) is 1.94. The minimum atomic E-state index is -0.326. The first-order valence-corrected chi connectivity index (χ1v) is 9.64. The van der Waals surface area contributed by atoms with Crippen LogP contribution in [0.4, 0.5) is 5.69 Å². The van der Waals surface area contributed by atoms with Crippen molar-refractivity contribution in [1.82, 2.24) is 4.90 Å². The van der Waals surface area contributed by atoms with Gasteiger partial charge in [0.25, 0.3) is 5.91 Å². The molecule has 1 aliphatic rings. The Bertz CT molecular complexity index is 933. The van der Waals surface area contributed by atoms with Crippen LogP contribution in [0.5, 0.6) is 11.5 Å². The van der Waals surface area contributed by atoms with Gasteiger partial charge in [-0.2, -0.15) is 0 Å². The maximum absolute atomic E-state index is 12.8. The van der Waals surface area contributed by atoms with Gasteiger partial charge in [0.15, 0.2) is 12.4 Å². The maximum Gasteiger partial charge on any atom is 0.260 e. The molecule has 0 saturated carbocycles. The topological polar surface area (TPSA) is 95.9 Å². The first-order chi connectivity index (χ1) is 13.9. The second-order valence-corrected chi connectivity index (χ2v) is 6.78. The molecule has 2 aromatic carbocycles. The number of benzene rings is 2. The first kappa shape index (κ1) is 20.4. The summed E-state index contributed by atoms with van der Waals surface area (Å²) in [4.78, 5) is 38.0. The summed E-state index contributed by atoms with van der Waals surface area (Å²) in [5.74, 6) is -0.222. The Morgan fingerprint density at radius 3 is 2.45 bits per heavy atom. The number of amides is 2. The van der Waals surface area contributed by atoms with Gasteiger partial charge in [-0.1, -0.05) is 0 Å². The van der Waals surface area contributed by atoms with Crippen molar-refractivity contribution >= 4 is 23.3 Å². The van der Waals surface area contributed by atoms with Crippen LogP contribution in [-0.2, 0) is 16.0 Å². The van der Waals surface area contributed by atoms with Gasteiger partial charge in [-0.05, 0) is 56.2 Å². The number of rotatable bonds is 7. The SMILES string of the molecule is CCN(CC)C(=O)COc1ccc(C(=O)c2cc3c(cc2O)NC(=O)CC3)cc1. The summed E-state index contributed by atoms with van der Waals surface area (Å²) in [6.45, 7) is 5.00. The van der Waals surface area contributed by atoms with Crippen LogP contribution >= 0.6 is 0 Å². The number of hydrogen-bond donors (Lipinski definition) is 2. The maximum atomic E-state index is 12.8. The molecular weight excluding hydrogens is 372 g/mol. The van der Waals surface area contributed by atoms with Crippen molar-refractivity contribution in [3.63, 3.8) is 0 Å². The van der Waals surface area contributed by atoms with Gasteiger partial charge in [-0.15, -0.1) is 0 Å². The number of nitrogens with one attached hydrogen (secondary N) is 1. The van der Waals surface area contributed by atoms with Gasteiger partial charge in [0.2, 0.25) is 5.91 Å². The highest BCUT2D eigenvalue weighted by atomic mass is 16.5. The molecule has 0 bridgehead atoms. The predicted octanol–water partition coefficient (Wildman–Crippen LogP) is 2.76. The second kappa shape index (κ2) is 8.77. The quantitative estimate of drug-likeness (QED) is 0.702. The highest BCUT2D eigenvalue weighted by Crippen LogP contribution is 2.31. The van der Waals surface area contributed by atoms with E-state index in [9.17, 15) is 19.5 Å². The fourth-order valence-electron chi connectivity index (χ4n) is 3.27. The Labute approximate surface area is 169 Å². The number of anilines is 1. The molecule has 2 aromatic rings. The lowest BCUT2D eigenvalue weighted by Crippen LogP contribution is -2.34. The fraction of sp³-hybridized carbons (Fsp3) is 0.318. The lowest BCUT2D eigenvalue weighted by atomic mass is 9.95. The number of ether oxygens (including phenoxy) is 1. The van der Waals surface area contributed by atoms with Gasteiger partial charge in [0, 0.05) is 36.8 Å². The van der Waals surface area contributed by atoms with Gasteiger partial charge in [-0.25, -0.2) is 0 Å². The van der Waals surface area contributed by atoms with Gasteiger partial charge >= 0.3 is 0 Å². The summed E-state index contributed by atoms with van der Waals surface area (Å²) >= 11 is 0. The van der Waals surface area contributed by atoms with E-state index in [4.69, 9.17) is 4.74 Å². The van der Waals surface area contributed by atoms with Crippen molar-refractivity contribution in [3.05, 3.63) is 53.1 Å². The zero-order valence-corrected chi connectivity index (χ0v) is 16.5. The Morgan fingerprint density at radius 1 is 1.10 bits per heavy atom. The van der Waals surface area contributed by atoms with E-state index < -0.39 is 0 Å². The van der Waals surface area contributed by atoms with Crippen molar-refractivity contribution in [1.29, 1.82) is 0 Å². The molecule has 2 amide bonds. The number of likely N-dealkylation sites (N-methyl/N-ethyl adjacent to an activating group) is 1. The molecule has 152 valence electrons. The lowest BCUT2D eigenvalue weighted by molar-refractivity contribution is -0.133. The normalized spacial score (nSPS) is 12.7. The van der Waals surface area contributed by atoms with E-state index in [-0.39, 0.29) is 35.5 Å². The minimum Gasteiger partial charge on any atom is -0.507 e. The van der Waals surface area contributed by atoms with Crippen molar-refractivity contribution in [3.8, 4) is 11.5 Å². The molecule has 29 heavy (non-hydrogen) atoms. The monoisotopic (exact) mass is 396 g/mol. The Kier molecular flexibility index (Phi) is 6.16. The number of carbonyl (C=O) groups is 3. The van der Waals surface area contributed by atoms with Crippen LogP contribution < -0.4 is 10.1 Å². The van der Waals surface area contributed by atoms with Gasteiger partial charge in [0.05, 0.1) is 5.56 Å². The summed E-state index contributed by atoms with van der Waals surface area (Å²) in [5, 5.41) is 12.9. The molecule has 0 aromatic heterocycles. The molecule has 0 fully saturated rings. The van der Waals surface area contributed by atoms with Crippen LogP contribution in [-0.4, -0.2) is 47.3 Å². The number of phenols is 1. The van der Waals surface area contributed by atoms with Crippen LogP contribution in [0.25, 0.3) is 0 Å². The van der Waals surface area contributed by atoms with E-state index in [1.54, 1.807) is 35.2 Å². The van der Waals surface area contributed by atoms with Crippen LogP contribution in [0.1, 0.15) is 41.8 Å². The van der Waals surface area contributed by atoms with Crippen LogP contribution in [0, 0.1) is 0 Å². The Hall–Kier alpha value is -3.35. The Balaban J connectivity index is 1.71. The van der Waals surface area contributed by atoms with Gasteiger partial charge in [0.1, 0.15) is 11.5 Å². The molecule has 1 aliphatic heterocycles. The molecule has 0 atom stereocenters. The average Bonchev–Trinajstić information content (AvgIpc) is 2.72. The van der Waals surface area contributed by atoms with E-state index in [0.29, 0.717) is 42.9 Å². The van der Waals surface area contributed by atoms with Gasteiger partial charge < -0.3 is 20.1 Å². The van der Waals surface area contributed by atoms with E-state index in [2.05, 4.69) is 5.32 Å². The molecule has 1 heterocycles. The van der Waals surface area contributed by atoms with E-state index in [1.165, 1.54) is 6.07 Å². The molecule has 0 unspecified atom stereocenters.